The van der Waals surface area contributed by atoms with Crippen LogP contribution in [0.25, 0.3) is 0 Å². The van der Waals surface area contributed by atoms with Crippen molar-refractivity contribution in [1.29, 1.82) is 0 Å². The van der Waals surface area contributed by atoms with Gasteiger partial charge < -0.3 is 20.2 Å². The average Bonchev–Trinajstić information content (AvgIpc) is 2.85. The van der Waals surface area contributed by atoms with Crippen molar-refractivity contribution in [3.63, 3.8) is 0 Å². The van der Waals surface area contributed by atoms with Crippen molar-refractivity contribution in [2.45, 2.75) is 0 Å². The first kappa shape index (κ1) is 12.7. The Labute approximate surface area is 93.1 Å². The van der Waals surface area contributed by atoms with E-state index in [9.17, 15) is 0 Å². The second kappa shape index (κ2) is 11.7. The van der Waals surface area contributed by atoms with Gasteiger partial charge in [0.15, 0.2) is 0 Å². The van der Waals surface area contributed by atoms with Gasteiger partial charge in [-0.15, -0.1) is 0 Å². The zero-order valence-electron chi connectivity index (χ0n) is 6.20. The van der Waals surface area contributed by atoms with Crippen LogP contribution >= 0.6 is 17.0 Å². The minimum Gasteiger partial charge on any atom is -0.421 e. The first-order valence-electron chi connectivity index (χ1n) is 2.81. The fourth-order valence-electron chi connectivity index (χ4n) is 0.289. The molecule has 0 saturated heterocycles. The quantitative estimate of drug-likeness (QED) is 0.697. The molecular formula is C4H4Cl2N6Zr. The molecule has 0 atom stereocenters. The van der Waals surface area contributed by atoms with E-state index >= 15 is 0 Å². The molecule has 2 rings (SSSR count). The van der Waals surface area contributed by atoms with Crippen LogP contribution < -0.4 is 0 Å². The number of nitrogens with one attached hydrogen (secondary N) is 2. The van der Waals surface area contributed by atoms with Gasteiger partial charge in [0.2, 0.25) is 0 Å². The summed E-state index contributed by atoms with van der Waals surface area (Å²) in [6, 6.07) is 0. The van der Waals surface area contributed by atoms with Crippen molar-refractivity contribution in [2.24, 2.45) is 0 Å². The van der Waals surface area contributed by atoms with Crippen LogP contribution in [0.1, 0.15) is 0 Å². The summed E-state index contributed by atoms with van der Waals surface area (Å²) in [4.78, 5) is 6.86. The number of hydrogen-bond acceptors (Lipinski definition) is 4. The minimum atomic E-state index is -0.826. The minimum absolute atomic E-state index is 0.826. The summed E-state index contributed by atoms with van der Waals surface area (Å²) in [5.74, 6) is 0. The molecule has 68 valence electrons. The van der Waals surface area contributed by atoms with Crippen molar-refractivity contribution in [2.75, 3.05) is 0 Å². The summed E-state index contributed by atoms with van der Waals surface area (Å²) in [6.07, 6.45) is 7.53. The van der Waals surface area contributed by atoms with Crippen LogP contribution in [-0.2, 0) is 20.8 Å². The Morgan fingerprint density at radius 2 is 1.38 bits per heavy atom. The maximum absolute atomic E-state index is 4.93. The molecule has 2 N–H and O–H groups in total. The van der Waals surface area contributed by atoms with E-state index in [1.54, 1.807) is 0 Å². The van der Waals surface area contributed by atoms with Crippen molar-refractivity contribution in [3.05, 3.63) is 25.3 Å². The Morgan fingerprint density at radius 3 is 1.46 bits per heavy atom. The van der Waals surface area contributed by atoms with Gasteiger partial charge >= 0.3 is 37.9 Å². The molecule has 0 radical (unpaired) electrons. The maximum Gasteiger partial charge on any atom is -0.0238 e. The van der Waals surface area contributed by atoms with Crippen LogP contribution in [0.2, 0.25) is 0 Å². The summed E-state index contributed by atoms with van der Waals surface area (Å²) in [6.45, 7) is 0. The molecule has 9 heteroatoms. The fraction of sp³-hybridized carbons (Fsp3) is 0. The van der Waals surface area contributed by atoms with Crippen LogP contribution in [0, 0.1) is 12.7 Å². The number of nitrogens with zero attached hydrogens (tertiary/aromatic N) is 4. The molecule has 0 fully saturated rings. The molecule has 0 bridgehead atoms. The Morgan fingerprint density at radius 1 is 1.00 bits per heavy atom. The topological polar surface area (TPSA) is 83.1 Å². The molecule has 0 amide bonds. The van der Waals surface area contributed by atoms with E-state index in [0.717, 1.165) is 0 Å². The second-order valence-corrected chi connectivity index (χ2v) is 5.00. The van der Waals surface area contributed by atoms with Gasteiger partial charge in [0.1, 0.15) is 0 Å². The predicted octanol–water partition coefficient (Wildman–Crippen LogP) is 0.586. The van der Waals surface area contributed by atoms with E-state index in [1.165, 1.54) is 12.7 Å². The van der Waals surface area contributed by atoms with Gasteiger partial charge in [0, 0.05) is 0 Å². The number of rotatable bonds is 0. The van der Waals surface area contributed by atoms with Crippen LogP contribution in [0.3, 0.4) is 0 Å². The van der Waals surface area contributed by atoms with E-state index in [4.69, 9.17) is 17.0 Å². The van der Waals surface area contributed by atoms with Gasteiger partial charge in [-0.05, 0) is 25.3 Å². The van der Waals surface area contributed by atoms with E-state index in [2.05, 4.69) is 43.0 Å². The maximum atomic E-state index is 4.93. The van der Waals surface area contributed by atoms with Crippen LogP contribution in [0.5, 0.6) is 0 Å². The van der Waals surface area contributed by atoms with Crippen LogP contribution in [0.4, 0.5) is 0 Å². The molecule has 0 aliphatic carbocycles. The van der Waals surface area contributed by atoms with Crippen molar-refractivity contribution in [1.82, 2.24) is 30.4 Å². The molecule has 2 aromatic rings. The third kappa shape index (κ3) is 11.7. The first-order valence-corrected chi connectivity index (χ1v) is 9.14. The third-order valence-corrected chi connectivity index (χ3v) is 0.589. The number of aromatic nitrogens is 6. The smallest absolute Gasteiger partial charge is 0.0238 e. The Kier molecular flexibility index (Phi) is 11.5. The molecule has 13 heavy (non-hydrogen) atoms. The van der Waals surface area contributed by atoms with Gasteiger partial charge in [-0.2, -0.15) is 0 Å². The van der Waals surface area contributed by atoms with Gasteiger partial charge in [-0.3, -0.25) is 10.2 Å². The number of hydrogen-bond donors (Lipinski definition) is 2. The second-order valence-electron chi connectivity index (χ2n) is 1.27. The molecule has 0 aromatic carbocycles. The van der Waals surface area contributed by atoms with Crippen LogP contribution in [0.15, 0.2) is 12.7 Å². The summed E-state index contributed by atoms with van der Waals surface area (Å²) < 4.78 is 0. The fourth-order valence-corrected chi connectivity index (χ4v) is 0.289. The number of H-pyrrole nitrogens is 2. The predicted molar refractivity (Wildman–Crippen MR) is 42.1 cm³/mol. The number of halogens is 2. The number of aromatic amines is 2. The molecular weight excluding hydrogens is 294 g/mol. The Balaban J connectivity index is 0.000000174. The summed E-state index contributed by atoms with van der Waals surface area (Å²) in [7, 11) is 9.87. The zero-order valence-corrected chi connectivity index (χ0v) is 10.2. The first-order chi connectivity index (χ1) is 6.41. The normalized spacial score (nSPS) is 6.92. The monoisotopic (exact) mass is 296 g/mol. The third-order valence-electron chi connectivity index (χ3n) is 0.589. The largest absolute Gasteiger partial charge is 0.421 e. The van der Waals surface area contributed by atoms with Gasteiger partial charge in [0.05, 0.1) is 0 Å². The molecule has 2 aromatic heterocycles. The summed E-state index contributed by atoms with van der Waals surface area (Å²) in [5.41, 5.74) is 0. The molecule has 0 unspecified atom stereocenters. The Bertz CT molecular complexity index is 174. The molecule has 6 nitrogen and oxygen atoms in total. The van der Waals surface area contributed by atoms with Gasteiger partial charge in [-0.25, -0.2) is 0 Å². The average molecular weight is 298 g/mol. The van der Waals surface area contributed by atoms with E-state index in [-0.39, 0.29) is 0 Å². The SMILES string of the molecule is [Cl][Zr+2][Cl].[c-]1nc[nH]n1.[c-]1nc[nH]n1. The molecule has 0 aliphatic rings. The molecule has 0 saturated carbocycles. The van der Waals surface area contributed by atoms with Gasteiger partial charge in [-0.1, -0.05) is 0 Å². The van der Waals surface area contributed by atoms with Crippen LogP contribution in [-0.4, -0.2) is 30.4 Å². The van der Waals surface area contributed by atoms with Crippen molar-refractivity contribution in [3.8, 4) is 0 Å². The standard InChI is InChI=1S/2C2H2N3.2ClH.Zr/c2*1-3-2-5-4-1;;;/h2*1H,(H,3,4,5);2*1H;/q2*-1;;;+4/p-2. The van der Waals surface area contributed by atoms with E-state index in [0.29, 0.717) is 0 Å². The van der Waals surface area contributed by atoms with E-state index in [1.807, 2.05) is 0 Å². The molecule has 0 spiro atoms. The zero-order chi connectivity index (χ0) is 9.78. The van der Waals surface area contributed by atoms with Gasteiger partial charge in [0.25, 0.3) is 0 Å². The summed E-state index contributed by atoms with van der Waals surface area (Å²) in [5, 5.41) is 11.6. The molecule has 0 aliphatic heterocycles. The summed E-state index contributed by atoms with van der Waals surface area (Å²) >= 11 is -0.826. The van der Waals surface area contributed by atoms with E-state index < -0.39 is 20.8 Å². The Hall–Kier alpha value is -0.257. The van der Waals surface area contributed by atoms with Crippen molar-refractivity contribution >= 4 is 17.0 Å². The molecule has 2 heterocycles. The van der Waals surface area contributed by atoms with Crippen molar-refractivity contribution < 1.29 is 20.8 Å².